The SMILES string of the molecule is CNCC(C)[C](C)C. The molecule has 0 aliphatic carbocycles. The van der Waals surface area contributed by atoms with Crippen molar-refractivity contribution >= 4 is 0 Å². The van der Waals surface area contributed by atoms with Crippen LogP contribution in [-0.2, 0) is 0 Å². The highest BCUT2D eigenvalue weighted by atomic mass is 14.8. The molecule has 1 heteroatoms. The first-order chi connectivity index (χ1) is 3.68. The van der Waals surface area contributed by atoms with E-state index in [4.69, 9.17) is 0 Å². The van der Waals surface area contributed by atoms with Crippen molar-refractivity contribution in [2.24, 2.45) is 5.92 Å². The van der Waals surface area contributed by atoms with Crippen LogP contribution in [0.2, 0.25) is 0 Å². The van der Waals surface area contributed by atoms with Gasteiger partial charge in [-0.15, -0.1) is 0 Å². The highest BCUT2D eigenvalue weighted by Crippen LogP contribution is 2.09. The summed E-state index contributed by atoms with van der Waals surface area (Å²) < 4.78 is 0. The number of rotatable bonds is 3. The van der Waals surface area contributed by atoms with Gasteiger partial charge < -0.3 is 5.32 Å². The van der Waals surface area contributed by atoms with Crippen molar-refractivity contribution in [3.05, 3.63) is 5.92 Å². The molecule has 1 unspecified atom stereocenters. The van der Waals surface area contributed by atoms with Gasteiger partial charge in [-0.25, -0.2) is 0 Å². The van der Waals surface area contributed by atoms with Crippen molar-refractivity contribution in [3.63, 3.8) is 0 Å². The molecule has 0 aliphatic heterocycles. The van der Waals surface area contributed by atoms with Crippen molar-refractivity contribution in [2.75, 3.05) is 13.6 Å². The second-order valence-electron chi connectivity index (χ2n) is 2.54. The minimum absolute atomic E-state index is 0.722. The predicted molar refractivity (Wildman–Crippen MR) is 37.7 cm³/mol. The van der Waals surface area contributed by atoms with E-state index in [2.05, 4.69) is 26.1 Å². The highest BCUT2D eigenvalue weighted by molar-refractivity contribution is 4.84. The average Bonchev–Trinajstić information content (AvgIpc) is 1.67. The van der Waals surface area contributed by atoms with Crippen LogP contribution in [0, 0.1) is 11.8 Å². The molecule has 8 heavy (non-hydrogen) atoms. The van der Waals surface area contributed by atoms with E-state index in [1.165, 1.54) is 5.92 Å². The third-order valence-corrected chi connectivity index (χ3v) is 1.50. The van der Waals surface area contributed by atoms with Crippen molar-refractivity contribution in [3.8, 4) is 0 Å². The summed E-state index contributed by atoms with van der Waals surface area (Å²) in [5, 5.41) is 3.13. The van der Waals surface area contributed by atoms with E-state index in [0.29, 0.717) is 0 Å². The Hall–Kier alpha value is -0.0400. The Morgan fingerprint density at radius 1 is 1.50 bits per heavy atom. The summed E-state index contributed by atoms with van der Waals surface area (Å²) in [6.45, 7) is 7.66. The first-order valence-corrected chi connectivity index (χ1v) is 3.13. The van der Waals surface area contributed by atoms with Crippen LogP contribution in [0.4, 0.5) is 0 Å². The molecular formula is C7H16N. The molecule has 0 aromatic rings. The zero-order valence-electron chi connectivity index (χ0n) is 6.28. The number of nitrogens with one attached hydrogen (secondary N) is 1. The van der Waals surface area contributed by atoms with Gasteiger partial charge >= 0.3 is 0 Å². The van der Waals surface area contributed by atoms with Gasteiger partial charge in [-0.2, -0.15) is 0 Å². The van der Waals surface area contributed by atoms with Gasteiger partial charge in [0.25, 0.3) is 0 Å². The van der Waals surface area contributed by atoms with E-state index in [-0.39, 0.29) is 0 Å². The molecule has 0 bridgehead atoms. The smallest absolute Gasteiger partial charge is 0.00209 e. The Labute approximate surface area is 52.5 Å². The Balaban J connectivity index is 3.17. The van der Waals surface area contributed by atoms with Crippen LogP contribution in [0.1, 0.15) is 20.8 Å². The maximum atomic E-state index is 3.13. The molecule has 0 rings (SSSR count). The molecule has 0 saturated heterocycles. The fourth-order valence-corrected chi connectivity index (χ4v) is 0.510. The van der Waals surface area contributed by atoms with Crippen LogP contribution in [0.5, 0.6) is 0 Å². The molecule has 0 spiro atoms. The fourth-order valence-electron chi connectivity index (χ4n) is 0.510. The van der Waals surface area contributed by atoms with Crippen molar-refractivity contribution in [1.82, 2.24) is 5.32 Å². The molecule has 0 aromatic carbocycles. The molecule has 0 aliphatic rings. The van der Waals surface area contributed by atoms with Gasteiger partial charge in [0, 0.05) is 0 Å². The van der Waals surface area contributed by atoms with Gasteiger partial charge in [-0.3, -0.25) is 0 Å². The van der Waals surface area contributed by atoms with Gasteiger partial charge in [0.2, 0.25) is 0 Å². The highest BCUT2D eigenvalue weighted by Gasteiger charge is 2.03. The van der Waals surface area contributed by atoms with E-state index in [0.717, 1.165) is 12.5 Å². The van der Waals surface area contributed by atoms with Gasteiger partial charge in [0.05, 0.1) is 0 Å². The van der Waals surface area contributed by atoms with Gasteiger partial charge in [0.15, 0.2) is 0 Å². The van der Waals surface area contributed by atoms with Gasteiger partial charge in [-0.05, 0) is 25.4 Å². The van der Waals surface area contributed by atoms with Gasteiger partial charge in [-0.1, -0.05) is 20.8 Å². The summed E-state index contributed by atoms with van der Waals surface area (Å²) in [5.41, 5.74) is 0. The first-order valence-electron chi connectivity index (χ1n) is 3.13. The van der Waals surface area contributed by atoms with Crippen LogP contribution >= 0.6 is 0 Å². The van der Waals surface area contributed by atoms with Gasteiger partial charge in [0.1, 0.15) is 0 Å². The molecule has 1 N–H and O–H groups in total. The Morgan fingerprint density at radius 2 is 2.00 bits per heavy atom. The minimum atomic E-state index is 0.722. The lowest BCUT2D eigenvalue weighted by atomic mass is 9.98. The molecule has 0 amide bonds. The molecule has 1 radical (unpaired) electrons. The summed E-state index contributed by atoms with van der Waals surface area (Å²) in [6, 6.07) is 0. The molecule has 0 saturated carbocycles. The lowest BCUT2D eigenvalue weighted by Crippen LogP contribution is -2.19. The lowest BCUT2D eigenvalue weighted by molar-refractivity contribution is 0.561. The summed E-state index contributed by atoms with van der Waals surface area (Å²) in [7, 11) is 1.99. The van der Waals surface area contributed by atoms with E-state index >= 15 is 0 Å². The third kappa shape index (κ3) is 3.03. The molecule has 0 aromatic heterocycles. The Morgan fingerprint density at radius 3 is 2.12 bits per heavy atom. The fraction of sp³-hybridized carbons (Fsp3) is 0.857. The summed E-state index contributed by atoms with van der Waals surface area (Å²) in [4.78, 5) is 0. The number of hydrogen-bond acceptors (Lipinski definition) is 1. The van der Waals surface area contributed by atoms with E-state index in [1.54, 1.807) is 0 Å². The first kappa shape index (κ1) is 7.96. The topological polar surface area (TPSA) is 12.0 Å². The predicted octanol–water partition coefficient (Wildman–Crippen LogP) is 1.46. The Bertz CT molecular complexity index is 50.3. The van der Waals surface area contributed by atoms with Crippen LogP contribution in [0.25, 0.3) is 0 Å². The maximum absolute atomic E-state index is 3.13. The molecule has 0 heterocycles. The molecule has 1 atom stereocenters. The third-order valence-electron chi connectivity index (χ3n) is 1.50. The largest absolute Gasteiger partial charge is 0.319 e. The van der Waals surface area contributed by atoms with Crippen LogP contribution in [0.15, 0.2) is 0 Å². The molecule has 49 valence electrons. The van der Waals surface area contributed by atoms with Crippen molar-refractivity contribution < 1.29 is 0 Å². The van der Waals surface area contributed by atoms with Crippen molar-refractivity contribution in [1.29, 1.82) is 0 Å². The monoisotopic (exact) mass is 114 g/mol. The standard InChI is InChI=1S/C7H16N/c1-6(2)7(3)5-8-4/h7-8H,5H2,1-4H3. The number of hydrogen-bond donors (Lipinski definition) is 1. The van der Waals surface area contributed by atoms with E-state index in [9.17, 15) is 0 Å². The summed E-state index contributed by atoms with van der Waals surface area (Å²) in [5.74, 6) is 2.22. The zero-order valence-corrected chi connectivity index (χ0v) is 6.28. The zero-order chi connectivity index (χ0) is 6.57. The molecule has 1 nitrogen and oxygen atoms in total. The van der Waals surface area contributed by atoms with Crippen LogP contribution in [-0.4, -0.2) is 13.6 Å². The quantitative estimate of drug-likeness (QED) is 0.585. The van der Waals surface area contributed by atoms with Crippen molar-refractivity contribution in [2.45, 2.75) is 20.8 Å². The Kier molecular flexibility index (Phi) is 3.88. The molecule has 0 fully saturated rings. The summed E-state index contributed by atoms with van der Waals surface area (Å²) in [6.07, 6.45) is 0. The average molecular weight is 114 g/mol. The van der Waals surface area contributed by atoms with E-state index in [1.807, 2.05) is 7.05 Å². The molecular weight excluding hydrogens is 98.1 g/mol. The van der Waals surface area contributed by atoms with Crippen LogP contribution in [0.3, 0.4) is 0 Å². The maximum Gasteiger partial charge on any atom is -0.00209 e. The lowest BCUT2D eigenvalue weighted by Gasteiger charge is -2.12. The normalized spacial score (nSPS) is 14.6. The van der Waals surface area contributed by atoms with Crippen LogP contribution < -0.4 is 5.32 Å². The minimum Gasteiger partial charge on any atom is -0.319 e. The second-order valence-corrected chi connectivity index (χ2v) is 2.54. The van der Waals surface area contributed by atoms with E-state index < -0.39 is 0 Å². The summed E-state index contributed by atoms with van der Waals surface area (Å²) >= 11 is 0. The second kappa shape index (κ2) is 3.90.